The maximum Gasteiger partial charge on any atom is 0.268 e. The fraction of sp³-hybridized carbons (Fsp3) is 0.312. The average molecular weight is 328 g/mol. The highest BCUT2D eigenvalue weighted by Crippen LogP contribution is 2.24. The van der Waals surface area contributed by atoms with Crippen LogP contribution in [0.1, 0.15) is 25.0 Å². The standard InChI is InChI=1S/C16H16N4O2S/c17-11-12(15(21)19-16-18-6-9-23-16)10-13-4-5-14(22-13)20-7-2-1-3-8-20/h4-6,9-10H,1-3,7-8H2,(H,18,19,21)/b12-10+. The third kappa shape index (κ3) is 3.79. The van der Waals surface area contributed by atoms with Gasteiger partial charge in [0.15, 0.2) is 11.0 Å². The van der Waals surface area contributed by atoms with Crippen LogP contribution in [-0.4, -0.2) is 24.0 Å². The summed E-state index contributed by atoms with van der Waals surface area (Å²) in [5, 5.41) is 14.0. The molecule has 6 nitrogen and oxygen atoms in total. The highest BCUT2D eigenvalue weighted by atomic mass is 32.1. The van der Waals surface area contributed by atoms with Gasteiger partial charge in [-0.25, -0.2) is 4.98 Å². The number of nitriles is 1. The van der Waals surface area contributed by atoms with E-state index in [9.17, 15) is 10.1 Å². The van der Waals surface area contributed by atoms with Crippen molar-refractivity contribution in [2.24, 2.45) is 0 Å². The van der Waals surface area contributed by atoms with Crippen molar-refractivity contribution in [1.82, 2.24) is 4.98 Å². The molecule has 3 heterocycles. The average Bonchev–Trinajstić information content (AvgIpc) is 3.25. The van der Waals surface area contributed by atoms with Crippen LogP contribution < -0.4 is 10.2 Å². The minimum Gasteiger partial charge on any atom is -0.441 e. The lowest BCUT2D eigenvalue weighted by Crippen LogP contribution is -2.28. The summed E-state index contributed by atoms with van der Waals surface area (Å²) in [6.45, 7) is 1.96. The first-order valence-corrected chi connectivity index (χ1v) is 8.31. The summed E-state index contributed by atoms with van der Waals surface area (Å²) < 4.78 is 5.75. The molecular formula is C16H16N4O2S. The fourth-order valence-electron chi connectivity index (χ4n) is 2.44. The number of carbonyl (C=O) groups excluding carboxylic acids is 1. The van der Waals surface area contributed by atoms with Crippen LogP contribution in [0.3, 0.4) is 0 Å². The first-order valence-electron chi connectivity index (χ1n) is 7.44. The van der Waals surface area contributed by atoms with Crippen molar-refractivity contribution in [3.8, 4) is 6.07 Å². The van der Waals surface area contributed by atoms with Crippen LogP contribution >= 0.6 is 11.3 Å². The predicted octanol–water partition coefficient (Wildman–Crippen LogP) is 3.27. The second-order valence-corrected chi connectivity index (χ2v) is 6.08. The Morgan fingerprint density at radius 3 is 2.91 bits per heavy atom. The van der Waals surface area contributed by atoms with Crippen LogP contribution in [0.25, 0.3) is 6.08 Å². The Bertz CT molecular complexity index is 736. The summed E-state index contributed by atoms with van der Waals surface area (Å²) in [6.07, 6.45) is 6.61. The van der Waals surface area contributed by atoms with Crippen molar-refractivity contribution >= 4 is 34.3 Å². The molecule has 1 aliphatic rings. The predicted molar refractivity (Wildman–Crippen MR) is 89.1 cm³/mol. The van der Waals surface area contributed by atoms with E-state index in [1.54, 1.807) is 17.6 Å². The number of thiazole rings is 1. The van der Waals surface area contributed by atoms with E-state index in [4.69, 9.17) is 4.42 Å². The molecule has 1 aliphatic heterocycles. The third-order valence-electron chi connectivity index (χ3n) is 3.58. The van der Waals surface area contributed by atoms with Gasteiger partial charge >= 0.3 is 0 Å². The van der Waals surface area contributed by atoms with Gasteiger partial charge in [-0.05, 0) is 25.3 Å². The first-order chi connectivity index (χ1) is 11.3. The number of carbonyl (C=O) groups is 1. The summed E-state index contributed by atoms with van der Waals surface area (Å²) in [4.78, 5) is 18.2. The van der Waals surface area contributed by atoms with E-state index < -0.39 is 5.91 Å². The van der Waals surface area contributed by atoms with Gasteiger partial charge in [-0.2, -0.15) is 5.26 Å². The Morgan fingerprint density at radius 1 is 1.39 bits per heavy atom. The minimum atomic E-state index is -0.488. The molecule has 0 spiro atoms. The summed E-state index contributed by atoms with van der Waals surface area (Å²) in [7, 11) is 0. The molecular weight excluding hydrogens is 312 g/mol. The molecule has 3 rings (SSSR count). The lowest BCUT2D eigenvalue weighted by molar-refractivity contribution is -0.112. The molecule has 1 fully saturated rings. The Balaban J connectivity index is 1.72. The van der Waals surface area contributed by atoms with Gasteiger partial charge < -0.3 is 9.32 Å². The van der Waals surface area contributed by atoms with Crippen LogP contribution in [0.15, 0.2) is 33.7 Å². The van der Waals surface area contributed by atoms with Crippen LogP contribution in [0.2, 0.25) is 0 Å². The monoisotopic (exact) mass is 328 g/mol. The van der Waals surface area contributed by atoms with Crippen LogP contribution in [0.5, 0.6) is 0 Å². The zero-order chi connectivity index (χ0) is 16.1. The first kappa shape index (κ1) is 15.3. The molecule has 0 saturated carbocycles. The molecule has 0 bridgehead atoms. The minimum absolute atomic E-state index is 0.0141. The number of nitrogens with zero attached hydrogens (tertiary/aromatic N) is 3. The lowest BCUT2D eigenvalue weighted by Gasteiger charge is -2.25. The second kappa shape index (κ2) is 7.11. The molecule has 118 valence electrons. The van der Waals surface area contributed by atoms with Gasteiger partial charge in [0.25, 0.3) is 5.91 Å². The molecule has 0 radical (unpaired) electrons. The molecule has 1 saturated heterocycles. The van der Waals surface area contributed by atoms with E-state index in [-0.39, 0.29) is 5.57 Å². The number of amides is 1. The van der Waals surface area contributed by atoms with Crippen LogP contribution in [0, 0.1) is 11.3 Å². The molecule has 0 aromatic carbocycles. The number of nitrogens with one attached hydrogen (secondary N) is 1. The highest BCUT2D eigenvalue weighted by Gasteiger charge is 2.15. The van der Waals surface area contributed by atoms with Crippen LogP contribution in [0.4, 0.5) is 11.0 Å². The van der Waals surface area contributed by atoms with Crippen molar-refractivity contribution in [2.75, 3.05) is 23.3 Å². The Kier molecular flexibility index (Phi) is 4.74. The number of hydrogen-bond donors (Lipinski definition) is 1. The zero-order valence-electron chi connectivity index (χ0n) is 12.5. The molecule has 7 heteroatoms. The second-order valence-electron chi connectivity index (χ2n) is 5.18. The molecule has 0 aliphatic carbocycles. The van der Waals surface area contributed by atoms with Crippen LogP contribution in [-0.2, 0) is 4.79 Å². The quantitative estimate of drug-likeness (QED) is 0.688. The topological polar surface area (TPSA) is 82.2 Å². The maximum absolute atomic E-state index is 12.1. The number of furan rings is 1. The van der Waals surface area contributed by atoms with E-state index >= 15 is 0 Å². The molecule has 23 heavy (non-hydrogen) atoms. The number of piperidine rings is 1. The summed E-state index contributed by atoms with van der Waals surface area (Å²) in [5.41, 5.74) is -0.0141. The molecule has 0 unspecified atom stereocenters. The molecule has 1 N–H and O–H groups in total. The van der Waals surface area contributed by atoms with Gasteiger partial charge in [0.05, 0.1) is 0 Å². The Hall–Kier alpha value is -2.59. The van der Waals surface area contributed by atoms with E-state index in [0.29, 0.717) is 10.9 Å². The highest BCUT2D eigenvalue weighted by molar-refractivity contribution is 7.13. The van der Waals surface area contributed by atoms with Gasteiger partial charge in [0.1, 0.15) is 17.4 Å². The van der Waals surface area contributed by atoms with Gasteiger partial charge in [-0.15, -0.1) is 11.3 Å². The third-order valence-corrected chi connectivity index (χ3v) is 4.27. The molecule has 1 amide bonds. The van der Waals surface area contributed by atoms with Gasteiger partial charge in [-0.3, -0.25) is 10.1 Å². The number of aromatic nitrogens is 1. The van der Waals surface area contributed by atoms with E-state index in [0.717, 1.165) is 31.8 Å². The largest absolute Gasteiger partial charge is 0.441 e. The smallest absolute Gasteiger partial charge is 0.268 e. The zero-order valence-corrected chi connectivity index (χ0v) is 13.3. The fourth-order valence-corrected chi connectivity index (χ4v) is 2.97. The van der Waals surface area contributed by atoms with Gasteiger partial charge in [0.2, 0.25) is 0 Å². The lowest BCUT2D eigenvalue weighted by atomic mass is 10.1. The van der Waals surface area contributed by atoms with E-state index in [1.807, 2.05) is 12.1 Å². The molecule has 2 aromatic rings. The summed E-state index contributed by atoms with van der Waals surface area (Å²) in [6, 6.07) is 5.56. The maximum atomic E-state index is 12.1. The molecule has 2 aromatic heterocycles. The number of hydrogen-bond acceptors (Lipinski definition) is 6. The molecule has 0 atom stereocenters. The van der Waals surface area contributed by atoms with Crippen molar-refractivity contribution < 1.29 is 9.21 Å². The normalized spacial score (nSPS) is 15.3. The SMILES string of the molecule is N#C/C(=C\c1ccc(N2CCCCC2)o1)C(=O)Nc1nccs1. The van der Waals surface area contributed by atoms with Gasteiger partial charge in [0, 0.05) is 36.8 Å². The number of anilines is 2. The Labute approximate surface area is 138 Å². The van der Waals surface area contributed by atoms with Gasteiger partial charge in [-0.1, -0.05) is 0 Å². The van der Waals surface area contributed by atoms with E-state index in [2.05, 4.69) is 15.2 Å². The van der Waals surface area contributed by atoms with Crippen molar-refractivity contribution in [1.29, 1.82) is 5.26 Å². The Morgan fingerprint density at radius 2 is 2.22 bits per heavy atom. The number of rotatable bonds is 4. The van der Waals surface area contributed by atoms with Crippen molar-refractivity contribution in [3.05, 3.63) is 35.0 Å². The van der Waals surface area contributed by atoms with E-state index in [1.165, 1.54) is 23.8 Å². The summed E-state index contributed by atoms with van der Waals surface area (Å²) >= 11 is 1.30. The van der Waals surface area contributed by atoms with Crippen molar-refractivity contribution in [3.63, 3.8) is 0 Å². The van der Waals surface area contributed by atoms with Crippen molar-refractivity contribution in [2.45, 2.75) is 19.3 Å². The summed E-state index contributed by atoms with van der Waals surface area (Å²) in [5.74, 6) is 0.795.